The number of hydrogen-bond acceptors (Lipinski definition) is 2. The first-order chi connectivity index (χ1) is 4.84. The SMILES string of the molecule is CNC(=O)C1CCC[N]N1. The second-order valence-electron chi connectivity index (χ2n) is 2.32. The number of amides is 1. The number of carbonyl (C=O) groups is 1. The summed E-state index contributed by atoms with van der Waals surface area (Å²) in [5, 5.41) is 2.57. The highest BCUT2D eigenvalue weighted by molar-refractivity contribution is 5.81. The van der Waals surface area contributed by atoms with Crippen molar-refractivity contribution in [3.63, 3.8) is 0 Å². The Hall–Kier alpha value is -0.610. The Morgan fingerprint density at radius 1 is 1.80 bits per heavy atom. The average molecular weight is 142 g/mol. The van der Waals surface area contributed by atoms with Gasteiger partial charge in [0.2, 0.25) is 5.91 Å². The number of likely N-dealkylation sites (N-methyl/N-ethyl adjacent to an activating group) is 1. The van der Waals surface area contributed by atoms with E-state index < -0.39 is 0 Å². The maximum Gasteiger partial charge on any atom is 0.238 e. The van der Waals surface area contributed by atoms with Crippen molar-refractivity contribution in [3.8, 4) is 0 Å². The molecule has 1 rings (SSSR count). The molecule has 0 aromatic carbocycles. The van der Waals surface area contributed by atoms with Gasteiger partial charge in [0, 0.05) is 13.6 Å². The summed E-state index contributed by atoms with van der Waals surface area (Å²) in [7, 11) is 1.64. The van der Waals surface area contributed by atoms with Crippen LogP contribution in [0.2, 0.25) is 0 Å². The third kappa shape index (κ3) is 1.68. The van der Waals surface area contributed by atoms with E-state index in [0.717, 1.165) is 19.4 Å². The quantitative estimate of drug-likeness (QED) is 0.493. The Kier molecular flexibility index (Phi) is 2.65. The molecule has 4 heteroatoms. The molecule has 10 heavy (non-hydrogen) atoms. The van der Waals surface area contributed by atoms with Crippen LogP contribution in [0, 0.1) is 0 Å². The van der Waals surface area contributed by atoms with Crippen LogP contribution in [0.15, 0.2) is 0 Å². The van der Waals surface area contributed by atoms with Gasteiger partial charge >= 0.3 is 0 Å². The Morgan fingerprint density at radius 2 is 2.60 bits per heavy atom. The van der Waals surface area contributed by atoms with Crippen LogP contribution in [0.1, 0.15) is 12.8 Å². The normalized spacial score (nSPS) is 25.9. The van der Waals surface area contributed by atoms with E-state index in [9.17, 15) is 4.79 Å². The molecule has 2 N–H and O–H groups in total. The van der Waals surface area contributed by atoms with Crippen LogP contribution >= 0.6 is 0 Å². The molecule has 1 unspecified atom stereocenters. The molecule has 1 aliphatic heterocycles. The molecule has 0 bridgehead atoms. The number of rotatable bonds is 1. The van der Waals surface area contributed by atoms with E-state index in [2.05, 4.69) is 16.2 Å². The Balaban J connectivity index is 2.31. The minimum atomic E-state index is -0.0984. The molecule has 1 aliphatic rings. The number of hydrogen-bond donors (Lipinski definition) is 2. The molecular weight excluding hydrogens is 130 g/mol. The fourth-order valence-corrected chi connectivity index (χ4v) is 0.978. The van der Waals surface area contributed by atoms with Crippen molar-refractivity contribution in [1.29, 1.82) is 0 Å². The molecule has 4 nitrogen and oxygen atoms in total. The highest BCUT2D eigenvalue weighted by atomic mass is 16.2. The summed E-state index contributed by atoms with van der Waals surface area (Å²) in [5.41, 5.74) is 6.70. The summed E-state index contributed by atoms with van der Waals surface area (Å²) < 4.78 is 0. The first-order valence-electron chi connectivity index (χ1n) is 3.48. The van der Waals surface area contributed by atoms with Gasteiger partial charge in [0.15, 0.2) is 0 Å². The van der Waals surface area contributed by atoms with Gasteiger partial charge in [0.25, 0.3) is 0 Å². The fraction of sp³-hybridized carbons (Fsp3) is 0.833. The predicted molar refractivity (Wildman–Crippen MR) is 37.2 cm³/mol. The van der Waals surface area contributed by atoms with Crippen LogP contribution in [0.4, 0.5) is 0 Å². The van der Waals surface area contributed by atoms with Crippen molar-refractivity contribution in [2.75, 3.05) is 13.6 Å². The van der Waals surface area contributed by atoms with E-state index in [1.807, 2.05) is 0 Å². The van der Waals surface area contributed by atoms with Crippen LogP contribution in [0.3, 0.4) is 0 Å². The third-order valence-electron chi connectivity index (χ3n) is 1.57. The molecular formula is C6H12N3O. The van der Waals surface area contributed by atoms with Crippen molar-refractivity contribution in [2.24, 2.45) is 0 Å². The van der Waals surface area contributed by atoms with Gasteiger partial charge < -0.3 is 5.32 Å². The highest BCUT2D eigenvalue weighted by Crippen LogP contribution is 2.00. The largest absolute Gasteiger partial charge is 0.358 e. The molecule has 0 saturated carbocycles. The molecule has 0 aliphatic carbocycles. The Morgan fingerprint density at radius 3 is 3.10 bits per heavy atom. The topological polar surface area (TPSA) is 55.2 Å². The van der Waals surface area contributed by atoms with Crippen molar-refractivity contribution < 1.29 is 4.79 Å². The molecule has 1 atom stereocenters. The van der Waals surface area contributed by atoms with Gasteiger partial charge in [0.05, 0.1) is 0 Å². The summed E-state index contributed by atoms with van der Waals surface area (Å²) in [6, 6.07) is -0.0984. The van der Waals surface area contributed by atoms with Gasteiger partial charge in [-0.25, -0.2) is 5.43 Å². The van der Waals surface area contributed by atoms with Crippen LogP contribution < -0.4 is 16.2 Å². The molecule has 1 fully saturated rings. The van der Waals surface area contributed by atoms with Crippen molar-refractivity contribution >= 4 is 5.91 Å². The van der Waals surface area contributed by atoms with Crippen LogP contribution in [0.25, 0.3) is 0 Å². The first kappa shape index (κ1) is 7.50. The second-order valence-corrected chi connectivity index (χ2v) is 2.32. The lowest BCUT2D eigenvalue weighted by molar-refractivity contribution is -0.123. The van der Waals surface area contributed by atoms with Gasteiger partial charge in [-0.3, -0.25) is 4.79 Å². The monoisotopic (exact) mass is 142 g/mol. The van der Waals surface area contributed by atoms with E-state index in [4.69, 9.17) is 0 Å². The lowest BCUT2D eigenvalue weighted by Gasteiger charge is -2.20. The van der Waals surface area contributed by atoms with E-state index in [1.165, 1.54) is 0 Å². The summed E-state index contributed by atoms with van der Waals surface area (Å²) in [4.78, 5) is 10.9. The smallest absolute Gasteiger partial charge is 0.238 e. The predicted octanol–water partition coefficient (Wildman–Crippen LogP) is -0.996. The highest BCUT2D eigenvalue weighted by Gasteiger charge is 2.19. The zero-order chi connectivity index (χ0) is 7.40. The van der Waals surface area contributed by atoms with Crippen molar-refractivity contribution in [1.82, 2.24) is 16.2 Å². The molecule has 1 heterocycles. The summed E-state index contributed by atoms with van der Waals surface area (Å²) in [6.45, 7) is 0.827. The average Bonchev–Trinajstić information content (AvgIpc) is 2.05. The molecule has 0 spiro atoms. The van der Waals surface area contributed by atoms with Crippen molar-refractivity contribution in [2.45, 2.75) is 18.9 Å². The Labute approximate surface area is 60.3 Å². The van der Waals surface area contributed by atoms with E-state index in [0.29, 0.717) is 0 Å². The number of nitrogens with zero attached hydrogens (tertiary/aromatic N) is 1. The summed E-state index contributed by atoms with van der Waals surface area (Å²) >= 11 is 0. The van der Waals surface area contributed by atoms with Crippen LogP contribution in [-0.4, -0.2) is 25.5 Å². The van der Waals surface area contributed by atoms with E-state index in [-0.39, 0.29) is 11.9 Å². The summed E-state index contributed by atoms with van der Waals surface area (Å²) in [6.07, 6.45) is 1.90. The molecule has 1 radical (unpaired) electrons. The van der Waals surface area contributed by atoms with E-state index in [1.54, 1.807) is 7.05 Å². The van der Waals surface area contributed by atoms with Gasteiger partial charge in [-0.2, -0.15) is 5.43 Å². The number of nitrogens with one attached hydrogen (secondary N) is 2. The zero-order valence-electron chi connectivity index (χ0n) is 6.05. The maximum absolute atomic E-state index is 10.9. The van der Waals surface area contributed by atoms with Gasteiger partial charge in [-0.15, -0.1) is 0 Å². The van der Waals surface area contributed by atoms with E-state index >= 15 is 0 Å². The minimum absolute atomic E-state index is 0.0310. The molecule has 0 aromatic heterocycles. The first-order valence-corrected chi connectivity index (χ1v) is 3.48. The van der Waals surface area contributed by atoms with Gasteiger partial charge in [0.1, 0.15) is 6.04 Å². The second kappa shape index (κ2) is 3.53. The summed E-state index contributed by atoms with van der Waals surface area (Å²) in [5.74, 6) is 0.0310. The van der Waals surface area contributed by atoms with Crippen LogP contribution in [0.5, 0.6) is 0 Å². The molecule has 0 aromatic rings. The lowest BCUT2D eigenvalue weighted by Crippen LogP contribution is -2.49. The zero-order valence-corrected chi connectivity index (χ0v) is 6.05. The van der Waals surface area contributed by atoms with Crippen LogP contribution in [-0.2, 0) is 4.79 Å². The lowest BCUT2D eigenvalue weighted by atomic mass is 10.1. The molecule has 1 amide bonds. The Bertz CT molecular complexity index is 120. The van der Waals surface area contributed by atoms with Crippen molar-refractivity contribution in [3.05, 3.63) is 0 Å². The van der Waals surface area contributed by atoms with Gasteiger partial charge in [-0.05, 0) is 12.8 Å². The minimum Gasteiger partial charge on any atom is -0.358 e. The third-order valence-corrected chi connectivity index (χ3v) is 1.57. The maximum atomic E-state index is 10.9. The molecule has 57 valence electrons. The number of carbonyl (C=O) groups excluding carboxylic acids is 1. The van der Waals surface area contributed by atoms with Gasteiger partial charge in [-0.1, -0.05) is 0 Å². The molecule has 1 saturated heterocycles. The fourth-order valence-electron chi connectivity index (χ4n) is 0.978. The standard InChI is InChI=1S/C6H12N3O/c1-7-6(10)5-3-2-4-8-9-5/h5,9H,2-4H2,1H3,(H,7,10).